The number of rotatable bonds is 2. The molecule has 0 N–H and O–H groups in total. The van der Waals surface area contributed by atoms with Gasteiger partial charge in [0.15, 0.2) is 5.58 Å². The van der Waals surface area contributed by atoms with Crippen LogP contribution in [0, 0.1) is 0 Å². The van der Waals surface area contributed by atoms with Crippen LogP contribution in [0.4, 0.5) is 0 Å². The van der Waals surface area contributed by atoms with Crippen molar-refractivity contribution in [3.8, 4) is 0 Å². The van der Waals surface area contributed by atoms with Crippen molar-refractivity contribution in [2.75, 3.05) is 19.7 Å². The minimum Gasteiger partial charge on any atom is -0.408 e. The molecule has 1 unspecified atom stereocenters. The highest BCUT2D eigenvalue weighted by atomic mass is 16.5. The second kappa shape index (κ2) is 6.18. The van der Waals surface area contributed by atoms with Gasteiger partial charge in [0.2, 0.25) is 0 Å². The number of amides is 1. The number of hydrogen-bond donors (Lipinski definition) is 0. The average Bonchev–Trinajstić information content (AvgIpc) is 2.95. The Morgan fingerprint density at radius 3 is 2.84 bits per heavy atom. The van der Waals surface area contributed by atoms with Gasteiger partial charge in [-0.05, 0) is 35.9 Å². The first-order valence-corrected chi connectivity index (χ1v) is 8.04. The molecule has 2 aromatic heterocycles. The van der Waals surface area contributed by atoms with E-state index in [2.05, 4.69) is 4.98 Å². The summed E-state index contributed by atoms with van der Waals surface area (Å²) in [5, 5.41) is 0. The lowest BCUT2D eigenvalue weighted by atomic mass is 10.1. The summed E-state index contributed by atoms with van der Waals surface area (Å²) in [6.07, 6.45) is 3.27. The van der Waals surface area contributed by atoms with Crippen molar-refractivity contribution < 1.29 is 13.9 Å². The summed E-state index contributed by atoms with van der Waals surface area (Å²) >= 11 is 0. The van der Waals surface area contributed by atoms with E-state index in [4.69, 9.17) is 9.15 Å². The van der Waals surface area contributed by atoms with Crippen LogP contribution in [0.5, 0.6) is 0 Å². The maximum absolute atomic E-state index is 12.9. The minimum atomic E-state index is -0.441. The molecule has 1 saturated heterocycles. The molecule has 1 amide bonds. The van der Waals surface area contributed by atoms with Crippen LogP contribution in [0.3, 0.4) is 0 Å². The molecule has 3 aromatic rings. The first kappa shape index (κ1) is 15.6. The van der Waals surface area contributed by atoms with Gasteiger partial charge in [-0.25, -0.2) is 4.79 Å². The first-order valence-electron chi connectivity index (χ1n) is 8.04. The summed E-state index contributed by atoms with van der Waals surface area (Å²) in [6.45, 7) is 1.49. The van der Waals surface area contributed by atoms with Crippen molar-refractivity contribution in [3.05, 3.63) is 64.4 Å². The average molecular weight is 339 g/mol. The van der Waals surface area contributed by atoms with Crippen LogP contribution in [0.15, 0.2) is 51.9 Å². The van der Waals surface area contributed by atoms with Crippen LogP contribution >= 0.6 is 0 Å². The molecule has 1 aliphatic rings. The van der Waals surface area contributed by atoms with Gasteiger partial charge in [-0.3, -0.25) is 14.3 Å². The Morgan fingerprint density at radius 1 is 1.24 bits per heavy atom. The van der Waals surface area contributed by atoms with Crippen LogP contribution in [0.1, 0.15) is 22.0 Å². The van der Waals surface area contributed by atoms with Crippen LogP contribution in [-0.2, 0) is 11.8 Å². The number of nitrogens with zero attached hydrogens (tertiary/aromatic N) is 3. The molecule has 1 aliphatic heterocycles. The number of hydrogen-bond acceptors (Lipinski definition) is 5. The standard InChI is InChI=1S/C18H17N3O4/c1-20-14-10-13(2-3-15(14)25-18(20)23)17(22)21-8-9-24-16(11-21)12-4-6-19-7-5-12/h2-7,10,16H,8-9,11H2,1H3. The molecule has 0 radical (unpaired) electrons. The lowest BCUT2D eigenvalue weighted by molar-refractivity contribution is -0.0228. The Labute approximate surface area is 143 Å². The lowest BCUT2D eigenvalue weighted by Gasteiger charge is -2.33. The molecule has 0 saturated carbocycles. The molecule has 7 heteroatoms. The van der Waals surface area contributed by atoms with E-state index < -0.39 is 5.76 Å². The largest absolute Gasteiger partial charge is 0.419 e. The predicted octanol–water partition coefficient (Wildman–Crippen LogP) is 1.74. The summed E-state index contributed by atoms with van der Waals surface area (Å²) in [7, 11) is 1.62. The number of benzene rings is 1. The summed E-state index contributed by atoms with van der Waals surface area (Å²) in [5.41, 5.74) is 2.61. The van der Waals surface area contributed by atoms with Crippen molar-refractivity contribution in [2.45, 2.75) is 6.10 Å². The van der Waals surface area contributed by atoms with E-state index in [0.29, 0.717) is 36.4 Å². The molecule has 1 aromatic carbocycles. The van der Waals surface area contributed by atoms with Crippen molar-refractivity contribution in [2.24, 2.45) is 7.05 Å². The van der Waals surface area contributed by atoms with Crippen molar-refractivity contribution in [3.63, 3.8) is 0 Å². The van der Waals surface area contributed by atoms with E-state index in [1.54, 1.807) is 42.5 Å². The molecule has 7 nitrogen and oxygen atoms in total. The number of ether oxygens (including phenoxy) is 1. The van der Waals surface area contributed by atoms with Gasteiger partial charge in [-0.1, -0.05) is 0 Å². The molecule has 25 heavy (non-hydrogen) atoms. The van der Waals surface area contributed by atoms with Gasteiger partial charge in [0.25, 0.3) is 5.91 Å². The Bertz CT molecular complexity index is 977. The minimum absolute atomic E-state index is 0.0853. The lowest BCUT2D eigenvalue weighted by Crippen LogP contribution is -2.42. The van der Waals surface area contributed by atoms with Gasteiger partial charge in [0.1, 0.15) is 6.10 Å². The van der Waals surface area contributed by atoms with E-state index in [-0.39, 0.29) is 12.0 Å². The summed E-state index contributed by atoms with van der Waals surface area (Å²) in [5.74, 6) is -0.526. The Balaban J connectivity index is 1.60. The van der Waals surface area contributed by atoms with Gasteiger partial charge in [-0.2, -0.15) is 0 Å². The number of fused-ring (bicyclic) bond motifs is 1. The van der Waals surface area contributed by atoms with Crippen molar-refractivity contribution >= 4 is 17.0 Å². The summed E-state index contributed by atoms with van der Waals surface area (Å²) in [6, 6.07) is 8.83. The summed E-state index contributed by atoms with van der Waals surface area (Å²) < 4.78 is 12.3. The van der Waals surface area contributed by atoms with Crippen LogP contribution in [-0.4, -0.2) is 40.1 Å². The predicted molar refractivity (Wildman–Crippen MR) is 90.3 cm³/mol. The van der Waals surface area contributed by atoms with Gasteiger partial charge >= 0.3 is 5.76 Å². The zero-order chi connectivity index (χ0) is 17.4. The Hall–Kier alpha value is -2.93. The second-order valence-corrected chi connectivity index (χ2v) is 6.00. The smallest absolute Gasteiger partial charge is 0.408 e. The molecule has 128 valence electrons. The van der Waals surface area contributed by atoms with E-state index >= 15 is 0 Å². The van der Waals surface area contributed by atoms with Gasteiger partial charge in [-0.15, -0.1) is 0 Å². The maximum Gasteiger partial charge on any atom is 0.419 e. The van der Waals surface area contributed by atoms with Gasteiger partial charge in [0.05, 0.1) is 18.7 Å². The number of aryl methyl sites for hydroxylation is 1. The highest BCUT2D eigenvalue weighted by Crippen LogP contribution is 2.23. The van der Waals surface area contributed by atoms with E-state index in [1.807, 2.05) is 12.1 Å². The van der Waals surface area contributed by atoms with Crippen LogP contribution in [0.2, 0.25) is 0 Å². The monoisotopic (exact) mass is 339 g/mol. The van der Waals surface area contributed by atoms with E-state index in [9.17, 15) is 9.59 Å². The topological polar surface area (TPSA) is 77.6 Å². The Morgan fingerprint density at radius 2 is 2.04 bits per heavy atom. The molecule has 4 rings (SSSR count). The van der Waals surface area contributed by atoms with Crippen LogP contribution < -0.4 is 5.76 Å². The molecule has 0 spiro atoms. The van der Waals surface area contributed by atoms with Crippen LogP contribution in [0.25, 0.3) is 11.1 Å². The third-order valence-electron chi connectivity index (χ3n) is 4.47. The molecule has 0 bridgehead atoms. The quantitative estimate of drug-likeness (QED) is 0.711. The molecular weight excluding hydrogens is 322 g/mol. The van der Waals surface area contributed by atoms with E-state index in [1.165, 1.54) is 4.57 Å². The number of morpholine rings is 1. The number of carbonyl (C=O) groups excluding carboxylic acids is 1. The second-order valence-electron chi connectivity index (χ2n) is 6.00. The summed E-state index contributed by atoms with van der Waals surface area (Å²) in [4.78, 5) is 30.3. The fraction of sp³-hybridized carbons (Fsp3) is 0.278. The van der Waals surface area contributed by atoms with Gasteiger partial charge < -0.3 is 14.1 Å². The highest BCUT2D eigenvalue weighted by molar-refractivity contribution is 5.97. The molecule has 1 atom stereocenters. The third kappa shape index (κ3) is 2.83. The molecular formula is C18H17N3O4. The number of oxazole rings is 1. The normalized spacial score (nSPS) is 17.8. The fourth-order valence-electron chi connectivity index (χ4n) is 3.06. The SMILES string of the molecule is Cn1c(=O)oc2ccc(C(=O)N3CCOC(c4ccncc4)C3)cc21. The third-order valence-corrected chi connectivity index (χ3v) is 4.47. The van der Waals surface area contributed by atoms with Crippen molar-refractivity contribution in [1.29, 1.82) is 0 Å². The molecule has 3 heterocycles. The number of pyridine rings is 1. The van der Waals surface area contributed by atoms with Crippen molar-refractivity contribution in [1.82, 2.24) is 14.5 Å². The number of carbonyl (C=O) groups is 1. The molecule has 0 aliphatic carbocycles. The van der Waals surface area contributed by atoms with Gasteiger partial charge in [0, 0.05) is 31.5 Å². The molecule has 1 fully saturated rings. The Kier molecular flexibility index (Phi) is 3.85. The number of aromatic nitrogens is 2. The zero-order valence-electron chi connectivity index (χ0n) is 13.7. The fourth-order valence-corrected chi connectivity index (χ4v) is 3.06. The maximum atomic E-state index is 12.9. The zero-order valence-corrected chi connectivity index (χ0v) is 13.7. The van der Waals surface area contributed by atoms with E-state index in [0.717, 1.165) is 5.56 Å². The first-order chi connectivity index (χ1) is 12.1. The highest BCUT2D eigenvalue weighted by Gasteiger charge is 2.26.